The Morgan fingerprint density at radius 2 is 1.95 bits per heavy atom. The molecule has 1 spiro atoms. The second-order valence-electron chi connectivity index (χ2n) is 13.5. The molecule has 2 aromatic carbocycles. The van der Waals surface area contributed by atoms with Gasteiger partial charge in [-0.2, -0.15) is 0 Å². The zero-order chi connectivity index (χ0) is 28.5. The van der Waals surface area contributed by atoms with Crippen LogP contribution in [0.15, 0.2) is 36.4 Å². The lowest BCUT2D eigenvalue weighted by Gasteiger charge is -2.46. The largest absolute Gasteiger partial charge is 0.490 e. The van der Waals surface area contributed by atoms with Crippen molar-refractivity contribution in [2.45, 2.75) is 75.1 Å². The number of aliphatic hydroxyl groups excluding tert-OH is 1. The van der Waals surface area contributed by atoms with E-state index in [9.17, 15) is 14.1 Å². The van der Waals surface area contributed by atoms with Gasteiger partial charge in [0.05, 0.1) is 28.1 Å². The predicted molar refractivity (Wildman–Crippen MR) is 165 cm³/mol. The van der Waals surface area contributed by atoms with Crippen LogP contribution in [0.4, 0.5) is 5.69 Å². The van der Waals surface area contributed by atoms with E-state index in [4.69, 9.17) is 16.3 Å². The molecule has 2 N–H and O–H groups in total. The third-order valence-corrected chi connectivity index (χ3v) is 13.2. The molecule has 8 heteroatoms. The average molecular weight is 597 g/mol. The van der Waals surface area contributed by atoms with E-state index in [1.54, 1.807) is 6.07 Å². The van der Waals surface area contributed by atoms with Crippen LogP contribution in [-0.4, -0.2) is 52.1 Å². The maximum atomic E-state index is 13.5. The number of fused-ring (bicyclic) bond motifs is 5. The van der Waals surface area contributed by atoms with Gasteiger partial charge in [-0.25, -0.2) is 4.21 Å². The van der Waals surface area contributed by atoms with Gasteiger partial charge in [-0.1, -0.05) is 17.7 Å². The van der Waals surface area contributed by atoms with Crippen LogP contribution in [0.3, 0.4) is 0 Å². The van der Waals surface area contributed by atoms with Crippen molar-refractivity contribution < 1.29 is 18.8 Å². The van der Waals surface area contributed by atoms with Crippen LogP contribution in [0, 0.1) is 23.7 Å². The number of nitrogens with zero attached hydrogens (tertiary/aromatic N) is 1. The highest BCUT2D eigenvalue weighted by atomic mass is 35.5. The molecular formula is C33H41ClN2O4S. The number of halogens is 1. The van der Waals surface area contributed by atoms with E-state index in [2.05, 4.69) is 27.6 Å². The summed E-state index contributed by atoms with van der Waals surface area (Å²) in [5.74, 6) is 5.84. The normalized spacial score (nSPS) is 38.3. The zero-order valence-corrected chi connectivity index (χ0v) is 25.4. The Bertz CT molecular complexity index is 1480. The van der Waals surface area contributed by atoms with Gasteiger partial charge in [0.15, 0.2) is 0 Å². The number of ether oxygens (including phenoxy) is 1. The van der Waals surface area contributed by atoms with E-state index in [-0.39, 0.29) is 22.7 Å². The van der Waals surface area contributed by atoms with E-state index in [1.165, 1.54) is 11.1 Å². The van der Waals surface area contributed by atoms with Crippen molar-refractivity contribution in [1.82, 2.24) is 4.72 Å². The van der Waals surface area contributed by atoms with Crippen molar-refractivity contribution in [3.63, 3.8) is 0 Å². The molecule has 5 aliphatic rings. The minimum atomic E-state index is -2.83. The summed E-state index contributed by atoms with van der Waals surface area (Å²) < 4.78 is 22.9. The van der Waals surface area contributed by atoms with Gasteiger partial charge in [0.25, 0.3) is 5.91 Å². The van der Waals surface area contributed by atoms with Crippen LogP contribution in [0.2, 0.25) is 5.02 Å². The highest BCUT2D eigenvalue weighted by molar-refractivity contribution is 7.99. The van der Waals surface area contributed by atoms with Crippen molar-refractivity contribution in [1.29, 1.82) is 0 Å². The molecule has 220 valence electrons. The number of carbonyl (C=O) groups is 1. The second-order valence-corrected chi connectivity index (χ2v) is 16.4. The number of rotatable bonds is 0. The van der Waals surface area contributed by atoms with Crippen LogP contribution in [0.5, 0.6) is 5.75 Å². The summed E-state index contributed by atoms with van der Waals surface area (Å²) in [5.41, 5.74) is 3.77. The van der Waals surface area contributed by atoms with Gasteiger partial charge in [0.2, 0.25) is 0 Å². The molecule has 1 unspecified atom stereocenters. The molecule has 2 bridgehead atoms. The number of hydrogen-bond donors (Lipinski definition) is 2. The molecule has 7 rings (SSSR count). The number of amides is 1. The fraction of sp³-hybridized carbons (Fsp3) is 0.576. The molecule has 0 radical (unpaired) electrons. The number of benzene rings is 2. The molecule has 2 heterocycles. The summed E-state index contributed by atoms with van der Waals surface area (Å²) in [7, 11) is -2.83. The Balaban J connectivity index is 1.29. The topological polar surface area (TPSA) is 78.9 Å². The number of hydrogen-bond acceptors (Lipinski definition) is 5. The zero-order valence-electron chi connectivity index (χ0n) is 23.8. The van der Waals surface area contributed by atoms with Gasteiger partial charge >= 0.3 is 0 Å². The smallest absolute Gasteiger partial charge is 0.262 e. The van der Waals surface area contributed by atoms with Crippen molar-refractivity contribution in [3.05, 3.63) is 58.1 Å². The summed E-state index contributed by atoms with van der Waals surface area (Å²) in [4.78, 5) is 15.9. The lowest BCUT2D eigenvalue weighted by atomic mass is 9.68. The molecule has 0 saturated heterocycles. The first-order chi connectivity index (χ1) is 19.6. The van der Waals surface area contributed by atoms with E-state index in [0.717, 1.165) is 80.9 Å². The van der Waals surface area contributed by atoms with Gasteiger partial charge in [0, 0.05) is 34.3 Å². The first kappa shape index (κ1) is 27.6. The van der Waals surface area contributed by atoms with Gasteiger partial charge in [-0.15, -0.1) is 0 Å². The molecular weight excluding hydrogens is 556 g/mol. The number of carbonyl (C=O) groups excluding carboxylic acids is 1. The first-order valence-corrected chi connectivity index (χ1v) is 17.5. The summed E-state index contributed by atoms with van der Waals surface area (Å²) in [6.45, 7) is 4.06. The molecule has 3 aliphatic carbocycles. The highest BCUT2D eigenvalue weighted by Crippen LogP contribution is 2.52. The van der Waals surface area contributed by atoms with E-state index >= 15 is 0 Å². The predicted octanol–water partition coefficient (Wildman–Crippen LogP) is 5.38. The standard InChI is InChI=1S/C33H41ClN2O4S/c1-20-5-6-21-15-27(21)31(37)26-10-7-24(26)17-36-18-33(13-3-4-22-14-25(34)9-11-28(22)33)19-40-30-12-8-23(16-29(30)36)32(38)35-41(20,2)39/h8-9,11-12,14,16,20-21,24,26-27,31,37H,2-7,10,13,15,17-19H2,1H3,(H,35,38,39)/t20-,21+,24+,26-,27+,31-,33+,41?/m1/s1. The Labute approximate surface area is 248 Å². The van der Waals surface area contributed by atoms with Crippen LogP contribution in [0.25, 0.3) is 0 Å². The van der Waals surface area contributed by atoms with Crippen LogP contribution in [0.1, 0.15) is 73.4 Å². The number of nitrogens with one attached hydrogen (secondary N) is 1. The van der Waals surface area contributed by atoms with E-state index < -0.39 is 9.71 Å². The molecule has 41 heavy (non-hydrogen) atoms. The van der Waals surface area contributed by atoms with Gasteiger partial charge in [0.1, 0.15) is 5.75 Å². The SMILES string of the molecule is C=S1(=O)NC(=O)c2ccc3c(c2)N(C[C@@H]2CC[C@H]2[C@@H](O)[C@H]2C[C@@H]2CC[C@H]1C)C[C@@]1(CCCc2cc(Cl)ccc21)CO3. The maximum absolute atomic E-state index is 13.5. The van der Waals surface area contributed by atoms with Crippen LogP contribution in [-0.2, 0) is 21.5 Å². The summed E-state index contributed by atoms with van der Waals surface area (Å²) >= 11 is 6.41. The van der Waals surface area contributed by atoms with E-state index in [0.29, 0.717) is 35.8 Å². The lowest BCUT2D eigenvalue weighted by molar-refractivity contribution is -0.00184. The summed E-state index contributed by atoms with van der Waals surface area (Å²) in [5, 5.41) is 12.0. The highest BCUT2D eigenvalue weighted by Gasteiger charge is 2.50. The van der Waals surface area contributed by atoms with Gasteiger partial charge < -0.3 is 14.7 Å². The third kappa shape index (κ3) is 4.96. The molecule has 1 amide bonds. The average Bonchev–Trinajstić information content (AvgIpc) is 3.72. The van der Waals surface area contributed by atoms with Crippen molar-refractivity contribution in [2.75, 3.05) is 24.6 Å². The fourth-order valence-corrected chi connectivity index (χ4v) is 9.45. The summed E-state index contributed by atoms with van der Waals surface area (Å²) in [6, 6.07) is 11.8. The lowest BCUT2D eigenvalue weighted by Crippen LogP contribution is -2.50. The second kappa shape index (κ2) is 10.2. The minimum absolute atomic E-state index is 0.197. The van der Waals surface area contributed by atoms with Crippen LogP contribution < -0.4 is 14.4 Å². The molecule has 2 aliphatic heterocycles. The molecule has 2 fully saturated rings. The minimum Gasteiger partial charge on any atom is -0.490 e. The fourth-order valence-electron chi connectivity index (χ4n) is 8.10. The van der Waals surface area contributed by atoms with Gasteiger partial charge in [-0.3, -0.25) is 9.52 Å². The van der Waals surface area contributed by atoms with Crippen LogP contribution >= 0.6 is 11.6 Å². The number of aryl methyl sites for hydroxylation is 1. The Morgan fingerprint density at radius 3 is 2.76 bits per heavy atom. The Hall–Kier alpha value is -2.22. The van der Waals surface area contributed by atoms with E-state index in [1.807, 2.05) is 25.1 Å². The molecule has 2 aromatic rings. The van der Waals surface area contributed by atoms with Crippen molar-refractivity contribution >= 4 is 38.8 Å². The first-order valence-electron chi connectivity index (χ1n) is 15.3. The summed E-state index contributed by atoms with van der Waals surface area (Å²) in [6.07, 6.45) is 7.65. The third-order valence-electron chi connectivity index (χ3n) is 10.9. The quantitative estimate of drug-likeness (QED) is 0.399. The molecule has 8 atom stereocenters. The monoisotopic (exact) mass is 596 g/mol. The molecule has 0 aromatic heterocycles. The number of anilines is 1. The number of aliphatic hydroxyl groups is 1. The van der Waals surface area contributed by atoms with Crippen molar-refractivity contribution in [2.24, 2.45) is 23.7 Å². The molecule has 6 nitrogen and oxygen atoms in total. The Morgan fingerprint density at radius 1 is 1.12 bits per heavy atom. The Kier molecular flexibility index (Phi) is 6.87. The maximum Gasteiger partial charge on any atom is 0.262 e. The van der Waals surface area contributed by atoms with Crippen molar-refractivity contribution in [3.8, 4) is 5.75 Å². The van der Waals surface area contributed by atoms with Gasteiger partial charge in [-0.05, 0) is 129 Å². The molecule has 2 saturated carbocycles.